The van der Waals surface area contributed by atoms with Crippen LogP contribution in [0.3, 0.4) is 0 Å². The van der Waals surface area contributed by atoms with E-state index in [1.807, 2.05) is 0 Å². The molecule has 0 bridgehead atoms. The second-order valence-electron chi connectivity index (χ2n) is 7.35. The van der Waals surface area contributed by atoms with Gasteiger partial charge < -0.3 is 10.4 Å². The number of carbonyl (C=O) groups excluding carboxylic acids is 1. The minimum atomic E-state index is -4.82. The number of nitrogens with zero attached hydrogens (tertiary/aromatic N) is 1. The third kappa shape index (κ3) is 5.10. The average molecular weight is 483 g/mol. The summed E-state index contributed by atoms with van der Waals surface area (Å²) in [7, 11) is 0. The van der Waals surface area contributed by atoms with E-state index in [9.17, 15) is 31.9 Å². The van der Waals surface area contributed by atoms with Crippen LogP contribution in [0.25, 0.3) is 0 Å². The summed E-state index contributed by atoms with van der Waals surface area (Å²) in [5, 5.41) is 12.8. The van der Waals surface area contributed by atoms with Crippen molar-refractivity contribution in [3.05, 3.63) is 63.1 Å². The number of pyridine rings is 1. The minimum absolute atomic E-state index is 0.00192. The SMILES string of the molecule is O=C(NC(c1cccc(F)c1Cl)C1(O)CCC(F)CC1)c1nc(C(F)(F)F)ccc1Cl. The van der Waals surface area contributed by atoms with Gasteiger partial charge >= 0.3 is 6.18 Å². The Labute approximate surface area is 184 Å². The Hall–Kier alpha value is -1.97. The number of hydrogen-bond donors (Lipinski definition) is 2. The molecule has 3 rings (SSSR count). The summed E-state index contributed by atoms with van der Waals surface area (Å²) in [6.45, 7) is 0. The van der Waals surface area contributed by atoms with E-state index in [1.165, 1.54) is 12.1 Å². The summed E-state index contributed by atoms with van der Waals surface area (Å²) < 4.78 is 66.7. The molecule has 31 heavy (non-hydrogen) atoms. The van der Waals surface area contributed by atoms with Gasteiger partial charge in [0.05, 0.1) is 21.7 Å². The molecular weight excluding hydrogens is 466 g/mol. The normalized spacial score (nSPS) is 22.8. The van der Waals surface area contributed by atoms with Crippen molar-refractivity contribution in [2.45, 2.75) is 49.7 Å². The van der Waals surface area contributed by atoms with E-state index >= 15 is 0 Å². The molecular formula is C20H17Cl2F5N2O2. The van der Waals surface area contributed by atoms with Crippen molar-refractivity contribution in [3.8, 4) is 0 Å². The van der Waals surface area contributed by atoms with Gasteiger partial charge in [-0.15, -0.1) is 0 Å². The summed E-state index contributed by atoms with van der Waals surface area (Å²) >= 11 is 11.9. The Morgan fingerprint density at radius 2 is 1.84 bits per heavy atom. The van der Waals surface area contributed by atoms with Gasteiger partial charge in [-0.2, -0.15) is 13.2 Å². The minimum Gasteiger partial charge on any atom is -0.387 e. The molecule has 2 aromatic rings. The van der Waals surface area contributed by atoms with E-state index in [1.54, 1.807) is 0 Å². The van der Waals surface area contributed by atoms with Crippen LogP contribution in [0.4, 0.5) is 22.0 Å². The number of aromatic nitrogens is 1. The van der Waals surface area contributed by atoms with Crippen molar-refractivity contribution in [3.63, 3.8) is 0 Å². The van der Waals surface area contributed by atoms with Crippen LogP contribution in [0.15, 0.2) is 30.3 Å². The van der Waals surface area contributed by atoms with Crippen molar-refractivity contribution in [2.75, 3.05) is 0 Å². The smallest absolute Gasteiger partial charge is 0.387 e. The Balaban J connectivity index is 2.01. The number of benzene rings is 1. The zero-order valence-electron chi connectivity index (χ0n) is 15.8. The molecule has 1 aliphatic carbocycles. The Bertz CT molecular complexity index is 979. The van der Waals surface area contributed by atoms with Gasteiger partial charge in [-0.25, -0.2) is 13.8 Å². The molecule has 0 spiro atoms. The van der Waals surface area contributed by atoms with Crippen LogP contribution in [-0.4, -0.2) is 27.8 Å². The van der Waals surface area contributed by atoms with Gasteiger partial charge in [-0.05, 0) is 49.4 Å². The highest BCUT2D eigenvalue weighted by Gasteiger charge is 2.43. The maximum Gasteiger partial charge on any atom is 0.433 e. The third-order valence-electron chi connectivity index (χ3n) is 5.24. The molecule has 0 radical (unpaired) electrons. The molecule has 11 heteroatoms. The molecule has 1 unspecified atom stereocenters. The van der Waals surface area contributed by atoms with Crippen molar-refractivity contribution >= 4 is 29.1 Å². The van der Waals surface area contributed by atoms with Crippen molar-refractivity contribution < 1.29 is 31.9 Å². The summed E-state index contributed by atoms with van der Waals surface area (Å²) in [4.78, 5) is 16.1. The number of amides is 1. The highest BCUT2D eigenvalue weighted by molar-refractivity contribution is 6.33. The van der Waals surface area contributed by atoms with E-state index in [0.717, 1.165) is 12.1 Å². The van der Waals surface area contributed by atoms with Crippen LogP contribution in [0.5, 0.6) is 0 Å². The molecule has 0 saturated heterocycles. The van der Waals surface area contributed by atoms with E-state index < -0.39 is 47.1 Å². The quantitative estimate of drug-likeness (QED) is 0.552. The van der Waals surface area contributed by atoms with E-state index in [4.69, 9.17) is 23.2 Å². The van der Waals surface area contributed by atoms with Crippen LogP contribution >= 0.6 is 23.2 Å². The predicted molar refractivity (Wildman–Crippen MR) is 104 cm³/mol. The van der Waals surface area contributed by atoms with E-state index in [0.29, 0.717) is 6.07 Å². The molecule has 1 aromatic heterocycles. The Kier molecular flexibility index (Phi) is 6.78. The maximum absolute atomic E-state index is 14.1. The third-order valence-corrected chi connectivity index (χ3v) is 5.94. The highest BCUT2D eigenvalue weighted by atomic mass is 35.5. The zero-order chi connectivity index (χ0) is 23.0. The summed E-state index contributed by atoms with van der Waals surface area (Å²) in [5.41, 5.74) is -3.78. The average Bonchev–Trinajstić information content (AvgIpc) is 2.70. The topological polar surface area (TPSA) is 62.2 Å². The molecule has 1 aromatic carbocycles. The fourth-order valence-corrected chi connectivity index (χ4v) is 4.00. The Morgan fingerprint density at radius 1 is 1.19 bits per heavy atom. The van der Waals surface area contributed by atoms with Gasteiger partial charge in [0.25, 0.3) is 5.91 Å². The number of alkyl halides is 4. The molecule has 1 saturated carbocycles. The number of aliphatic hydroxyl groups is 1. The molecule has 1 atom stereocenters. The number of halogens is 7. The lowest BCUT2D eigenvalue weighted by molar-refractivity contribution is -0.141. The lowest BCUT2D eigenvalue weighted by Crippen LogP contribution is -2.49. The lowest BCUT2D eigenvalue weighted by Gasteiger charge is -2.41. The van der Waals surface area contributed by atoms with Gasteiger partial charge in [0.2, 0.25) is 0 Å². The summed E-state index contributed by atoms with van der Waals surface area (Å²) in [6.07, 6.45) is -6.18. The first-order chi connectivity index (χ1) is 14.4. The lowest BCUT2D eigenvalue weighted by atomic mass is 9.76. The van der Waals surface area contributed by atoms with Crippen LogP contribution in [0.2, 0.25) is 10.0 Å². The van der Waals surface area contributed by atoms with Gasteiger partial charge in [0.15, 0.2) is 0 Å². The highest BCUT2D eigenvalue weighted by Crippen LogP contribution is 2.42. The number of hydrogen-bond acceptors (Lipinski definition) is 3. The number of rotatable bonds is 4. The van der Waals surface area contributed by atoms with Crippen molar-refractivity contribution in [1.82, 2.24) is 10.3 Å². The van der Waals surface area contributed by atoms with Gasteiger partial charge in [0.1, 0.15) is 23.4 Å². The van der Waals surface area contributed by atoms with Gasteiger partial charge in [-0.1, -0.05) is 35.3 Å². The van der Waals surface area contributed by atoms with Crippen LogP contribution in [0, 0.1) is 5.82 Å². The van der Waals surface area contributed by atoms with Gasteiger partial charge in [-0.3, -0.25) is 4.79 Å². The first-order valence-corrected chi connectivity index (χ1v) is 10.0. The van der Waals surface area contributed by atoms with Crippen LogP contribution in [-0.2, 0) is 6.18 Å². The Morgan fingerprint density at radius 3 is 2.45 bits per heavy atom. The fraction of sp³-hybridized carbons (Fsp3) is 0.400. The molecule has 4 nitrogen and oxygen atoms in total. The monoisotopic (exact) mass is 482 g/mol. The van der Waals surface area contributed by atoms with E-state index in [-0.39, 0.29) is 41.3 Å². The van der Waals surface area contributed by atoms with Crippen LogP contribution in [0.1, 0.15) is 53.5 Å². The molecule has 1 heterocycles. The predicted octanol–water partition coefficient (Wildman–Crippen LogP) is 5.66. The summed E-state index contributed by atoms with van der Waals surface area (Å²) in [5.74, 6) is -1.95. The van der Waals surface area contributed by atoms with Gasteiger partial charge in [0, 0.05) is 0 Å². The first-order valence-electron chi connectivity index (χ1n) is 9.27. The second kappa shape index (κ2) is 8.88. The molecule has 0 aliphatic heterocycles. The molecule has 168 valence electrons. The standard InChI is InChI=1S/C20H17Cl2F5N2O2/c21-12-4-5-14(20(25,26)27)28-16(12)18(30)29-17(11-2-1-3-13(24)15(11)22)19(31)8-6-10(23)7-9-19/h1-5,10,17,31H,6-9H2,(H,29,30). The number of carbonyl (C=O) groups is 1. The fourth-order valence-electron chi connectivity index (χ4n) is 3.57. The van der Waals surface area contributed by atoms with E-state index in [2.05, 4.69) is 10.3 Å². The number of nitrogens with one attached hydrogen (secondary N) is 1. The molecule has 1 fully saturated rings. The first kappa shape index (κ1) is 23.7. The van der Waals surface area contributed by atoms with Crippen molar-refractivity contribution in [1.29, 1.82) is 0 Å². The molecule has 1 amide bonds. The largest absolute Gasteiger partial charge is 0.433 e. The van der Waals surface area contributed by atoms with Crippen molar-refractivity contribution in [2.24, 2.45) is 0 Å². The summed E-state index contributed by atoms with van der Waals surface area (Å²) in [6, 6.07) is 3.88. The molecule has 2 N–H and O–H groups in total. The molecule has 1 aliphatic rings. The maximum atomic E-state index is 14.1. The zero-order valence-corrected chi connectivity index (χ0v) is 17.3. The second-order valence-corrected chi connectivity index (χ2v) is 8.14. The van der Waals surface area contributed by atoms with Crippen LogP contribution < -0.4 is 5.32 Å².